The predicted molar refractivity (Wildman–Crippen MR) is 162 cm³/mol. The van der Waals surface area contributed by atoms with E-state index in [1.807, 2.05) is 40.8 Å². The molecule has 10 nitrogen and oxygen atoms in total. The number of rotatable bonds is 10. The molecule has 6 rings (SSSR count). The van der Waals surface area contributed by atoms with Gasteiger partial charge in [-0.15, -0.1) is 0 Å². The Hall–Kier alpha value is -4.90. The van der Waals surface area contributed by atoms with Crippen LogP contribution in [0.15, 0.2) is 73.1 Å². The van der Waals surface area contributed by atoms with Crippen molar-refractivity contribution >= 4 is 40.4 Å². The number of halogens is 2. The molecule has 0 saturated carbocycles. The van der Waals surface area contributed by atoms with E-state index >= 15 is 0 Å². The molecular weight excluding hydrogens is 573 g/mol. The van der Waals surface area contributed by atoms with Crippen LogP contribution in [0.5, 0.6) is 11.5 Å². The monoisotopic (exact) mass is 601 g/mol. The van der Waals surface area contributed by atoms with Crippen LogP contribution in [-0.4, -0.2) is 64.3 Å². The second-order valence-corrected chi connectivity index (χ2v) is 10.7. The summed E-state index contributed by atoms with van der Waals surface area (Å²) in [6.07, 6.45) is 1.68. The number of hydrogen-bond donors (Lipinski definition) is 1. The predicted octanol–water partition coefficient (Wildman–Crippen LogP) is 5.22. The summed E-state index contributed by atoms with van der Waals surface area (Å²) in [7, 11) is 3.62. The van der Waals surface area contributed by atoms with Crippen LogP contribution in [0, 0.1) is 5.82 Å². The van der Waals surface area contributed by atoms with Gasteiger partial charge in [0, 0.05) is 44.3 Å². The molecule has 1 aliphatic heterocycles. The maximum atomic E-state index is 13.9. The van der Waals surface area contributed by atoms with Crippen molar-refractivity contribution in [3.63, 3.8) is 0 Å². The van der Waals surface area contributed by atoms with Crippen LogP contribution in [0.2, 0.25) is 5.02 Å². The highest BCUT2D eigenvalue weighted by molar-refractivity contribution is 6.30. The van der Waals surface area contributed by atoms with Crippen LogP contribution < -0.4 is 19.7 Å². The minimum absolute atomic E-state index is 0.110. The first-order valence-corrected chi connectivity index (χ1v) is 14.0. The molecule has 5 aromatic rings. The smallest absolute Gasteiger partial charge is 0.253 e. The standard InChI is InChI=1S/C31H29ClFN7O3/c1-38(30(41)22-7-9-23(32)10-8-22)12-13-39(2)31-36-28(34-16-20-6-11-25-26(15-20)43-19-42-25)27-29(37-31)40(18-35-27)17-21-4-3-5-24(33)14-21/h3-11,14-15,18H,12-13,16-17,19H2,1-2H3,(H,34,36,37). The molecule has 0 fully saturated rings. The van der Waals surface area contributed by atoms with Gasteiger partial charge in [0.25, 0.3) is 5.91 Å². The van der Waals surface area contributed by atoms with Crippen molar-refractivity contribution in [1.82, 2.24) is 24.4 Å². The van der Waals surface area contributed by atoms with E-state index in [1.165, 1.54) is 12.1 Å². The highest BCUT2D eigenvalue weighted by Gasteiger charge is 2.19. The van der Waals surface area contributed by atoms with E-state index in [2.05, 4.69) is 10.3 Å². The number of fused-ring (bicyclic) bond motifs is 2. The van der Waals surface area contributed by atoms with E-state index < -0.39 is 0 Å². The molecule has 0 unspecified atom stereocenters. The molecular formula is C31H29ClFN7O3. The van der Waals surface area contributed by atoms with E-state index in [4.69, 9.17) is 31.0 Å². The van der Waals surface area contributed by atoms with Gasteiger partial charge in [0.2, 0.25) is 12.7 Å². The third-order valence-electron chi connectivity index (χ3n) is 7.14. The van der Waals surface area contributed by atoms with Crippen molar-refractivity contribution in [3.05, 3.63) is 101 Å². The lowest BCUT2D eigenvalue weighted by atomic mass is 10.2. The van der Waals surface area contributed by atoms with Crippen LogP contribution in [-0.2, 0) is 13.1 Å². The van der Waals surface area contributed by atoms with Crippen LogP contribution in [0.1, 0.15) is 21.5 Å². The van der Waals surface area contributed by atoms with Crippen LogP contribution >= 0.6 is 11.6 Å². The summed E-state index contributed by atoms with van der Waals surface area (Å²) >= 11 is 5.97. The molecule has 1 aliphatic rings. The van der Waals surface area contributed by atoms with E-state index in [9.17, 15) is 9.18 Å². The summed E-state index contributed by atoms with van der Waals surface area (Å²) in [6.45, 7) is 1.95. The average molecular weight is 602 g/mol. The van der Waals surface area contributed by atoms with Gasteiger partial charge >= 0.3 is 0 Å². The van der Waals surface area contributed by atoms with E-state index in [1.54, 1.807) is 48.6 Å². The Morgan fingerprint density at radius 3 is 2.63 bits per heavy atom. The number of carbonyl (C=O) groups is 1. The quantitative estimate of drug-likeness (QED) is 0.233. The number of ether oxygens (including phenoxy) is 2. The molecule has 3 aromatic carbocycles. The van der Waals surface area contributed by atoms with Crippen LogP contribution in [0.25, 0.3) is 11.2 Å². The van der Waals surface area contributed by atoms with Gasteiger partial charge in [0.05, 0.1) is 12.9 Å². The lowest BCUT2D eigenvalue weighted by molar-refractivity contribution is 0.0798. The number of nitrogens with one attached hydrogen (secondary N) is 1. The fourth-order valence-corrected chi connectivity index (χ4v) is 4.85. The molecule has 0 spiro atoms. The number of anilines is 2. The number of amides is 1. The lowest BCUT2D eigenvalue weighted by Crippen LogP contribution is -2.35. The molecule has 12 heteroatoms. The molecule has 0 saturated heterocycles. The van der Waals surface area contributed by atoms with Gasteiger partial charge in [-0.2, -0.15) is 9.97 Å². The number of nitrogens with zero attached hydrogens (tertiary/aromatic N) is 6. The number of likely N-dealkylation sites (N-methyl/N-ethyl adjacent to an activating group) is 2. The largest absolute Gasteiger partial charge is 0.454 e. The second-order valence-electron chi connectivity index (χ2n) is 10.2. The van der Waals surface area contributed by atoms with E-state index in [-0.39, 0.29) is 18.5 Å². The zero-order valence-electron chi connectivity index (χ0n) is 23.6. The highest BCUT2D eigenvalue weighted by Crippen LogP contribution is 2.33. The topological polar surface area (TPSA) is 97.6 Å². The third-order valence-corrected chi connectivity index (χ3v) is 7.39. The van der Waals surface area contributed by atoms with Crippen LogP contribution in [0.4, 0.5) is 16.2 Å². The van der Waals surface area contributed by atoms with Crippen molar-refractivity contribution in [3.8, 4) is 11.5 Å². The summed E-state index contributed by atoms with van der Waals surface area (Å²) in [5, 5.41) is 3.98. The maximum absolute atomic E-state index is 13.9. The number of carbonyl (C=O) groups excluding carboxylic acids is 1. The Morgan fingerprint density at radius 1 is 1.00 bits per heavy atom. The molecule has 0 atom stereocenters. The molecule has 220 valence electrons. The number of hydrogen-bond acceptors (Lipinski definition) is 8. The van der Waals surface area contributed by atoms with Gasteiger partial charge in [-0.25, -0.2) is 9.37 Å². The normalized spacial score (nSPS) is 12.0. The Labute approximate surface area is 252 Å². The fraction of sp³-hybridized carbons (Fsp3) is 0.226. The molecule has 3 heterocycles. The first kappa shape index (κ1) is 28.2. The van der Waals surface area contributed by atoms with E-state index in [0.717, 1.165) is 11.1 Å². The second kappa shape index (κ2) is 12.1. The van der Waals surface area contributed by atoms with Gasteiger partial charge in [0.15, 0.2) is 28.5 Å². The highest BCUT2D eigenvalue weighted by atomic mass is 35.5. The van der Waals surface area contributed by atoms with Crippen molar-refractivity contribution in [1.29, 1.82) is 0 Å². The zero-order valence-corrected chi connectivity index (χ0v) is 24.4. The lowest BCUT2D eigenvalue weighted by Gasteiger charge is -2.23. The first-order valence-electron chi connectivity index (χ1n) is 13.7. The summed E-state index contributed by atoms with van der Waals surface area (Å²) in [5.41, 5.74) is 3.50. The summed E-state index contributed by atoms with van der Waals surface area (Å²) in [5.74, 6) is 2.00. The molecule has 1 amide bonds. The van der Waals surface area contributed by atoms with Crippen LogP contribution in [0.3, 0.4) is 0 Å². The first-order chi connectivity index (χ1) is 20.8. The molecule has 43 heavy (non-hydrogen) atoms. The fourth-order valence-electron chi connectivity index (χ4n) is 4.73. The maximum Gasteiger partial charge on any atom is 0.253 e. The Morgan fingerprint density at radius 2 is 1.81 bits per heavy atom. The third kappa shape index (κ3) is 6.31. The number of aromatic nitrogens is 4. The summed E-state index contributed by atoms with van der Waals surface area (Å²) in [4.78, 5) is 30.7. The molecule has 0 aliphatic carbocycles. The number of benzene rings is 3. The summed E-state index contributed by atoms with van der Waals surface area (Å²) in [6, 6.07) is 19.0. The molecule has 1 N–H and O–H groups in total. The van der Waals surface area contributed by atoms with Gasteiger partial charge in [-0.1, -0.05) is 29.8 Å². The van der Waals surface area contributed by atoms with Gasteiger partial charge in [0.1, 0.15) is 5.82 Å². The van der Waals surface area contributed by atoms with Gasteiger partial charge in [-0.3, -0.25) is 4.79 Å². The van der Waals surface area contributed by atoms with Gasteiger partial charge < -0.3 is 29.2 Å². The zero-order chi connectivity index (χ0) is 29.9. The average Bonchev–Trinajstić information content (AvgIpc) is 3.65. The van der Waals surface area contributed by atoms with Crippen molar-refractivity contribution in [2.75, 3.05) is 44.2 Å². The van der Waals surface area contributed by atoms with Crippen molar-refractivity contribution in [2.24, 2.45) is 0 Å². The minimum atomic E-state index is -0.305. The SMILES string of the molecule is CN(CCN(C)c1nc(NCc2ccc3c(c2)OCO3)c2ncn(Cc3cccc(F)c3)c2n1)C(=O)c1ccc(Cl)cc1. The minimum Gasteiger partial charge on any atom is -0.454 e. The Bertz CT molecular complexity index is 1780. The van der Waals surface area contributed by atoms with Gasteiger partial charge in [-0.05, 0) is 59.7 Å². The summed E-state index contributed by atoms with van der Waals surface area (Å²) < 4.78 is 26.7. The Balaban J connectivity index is 1.25. The molecule has 2 aromatic heterocycles. The van der Waals surface area contributed by atoms with E-state index in [0.29, 0.717) is 71.2 Å². The molecule has 0 bridgehead atoms. The van der Waals surface area contributed by atoms with Crippen molar-refractivity contribution in [2.45, 2.75) is 13.1 Å². The molecule has 0 radical (unpaired) electrons. The number of imidazole rings is 1. The Kier molecular flexibility index (Phi) is 7.97. The van der Waals surface area contributed by atoms with Crippen molar-refractivity contribution < 1.29 is 18.7 Å².